The summed E-state index contributed by atoms with van der Waals surface area (Å²) in [5, 5.41) is 0. The van der Waals surface area contributed by atoms with E-state index in [9.17, 15) is 8.42 Å². The Morgan fingerprint density at radius 2 is 2.10 bits per heavy atom. The Bertz CT molecular complexity index is 586. The monoisotopic (exact) mass is 298 g/mol. The Morgan fingerprint density at radius 1 is 1.40 bits per heavy atom. The molecule has 1 aromatic carbocycles. The van der Waals surface area contributed by atoms with Gasteiger partial charge in [0.25, 0.3) is 0 Å². The Hall–Kier alpha value is -1.27. The molecular formula is C14H22N2O3S. The van der Waals surface area contributed by atoms with E-state index in [2.05, 4.69) is 11.8 Å². The lowest BCUT2D eigenvalue weighted by Gasteiger charge is -2.38. The van der Waals surface area contributed by atoms with Crippen molar-refractivity contribution in [2.24, 2.45) is 5.92 Å². The molecule has 6 heteroatoms. The van der Waals surface area contributed by atoms with E-state index in [-0.39, 0.29) is 11.0 Å². The van der Waals surface area contributed by atoms with Gasteiger partial charge in [-0.2, -0.15) is 0 Å². The fourth-order valence-electron chi connectivity index (χ4n) is 2.69. The molecule has 1 aromatic rings. The van der Waals surface area contributed by atoms with Crippen LogP contribution in [-0.2, 0) is 14.6 Å². The van der Waals surface area contributed by atoms with Gasteiger partial charge in [-0.25, -0.2) is 8.42 Å². The standard InChI is InChI=1S/C14H22N2O3S/c1-10-7-8-16(9-12(10)19-2)11-5-4-6-13(14(11)15)20(3,17)18/h4-6,10,12H,7-9,15H2,1-3H3. The maximum Gasteiger partial charge on any atom is 0.177 e. The molecule has 0 spiro atoms. The number of para-hydroxylation sites is 1. The number of anilines is 2. The number of methoxy groups -OCH3 is 1. The minimum Gasteiger partial charge on any atom is -0.396 e. The first-order chi connectivity index (χ1) is 9.34. The van der Waals surface area contributed by atoms with Gasteiger partial charge in [0.2, 0.25) is 0 Å². The average Bonchev–Trinajstić information content (AvgIpc) is 2.38. The quantitative estimate of drug-likeness (QED) is 0.857. The summed E-state index contributed by atoms with van der Waals surface area (Å²) in [5.74, 6) is 0.496. The topological polar surface area (TPSA) is 72.6 Å². The highest BCUT2D eigenvalue weighted by Gasteiger charge is 2.28. The lowest BCUT2D eigenvalue weighted by Crippen LogP contribution is -2.44. The Morgan fingerprint density at radius 3 is 2.70 bits per heavy atom. The van der Waals surface area contributed by atoms with Gasteiger partial charge in [-0.05, 0) is 24.5 Å². The normalized spacial score (nSPS) is 23.9. The number of hydrogen-bond acceptors (Lipinski definition) is 5. The largest absolute Gasteiger partial charge is 0.396 e. The molecule has 20 heavy (non-hydrogen) atoms. The molecule has 1 aliphatic rings. The van der Waals surface area contributed by atoms with Gasteiger partial charge in [-0.3, -0.25) is 0 Å². The number of benzene rings is 1. The van der Waals surface area contributed by atoms with Gasteiger partial charge < -0.3 is 15.4 Å². The SMILES string of the molecule is COC1CN(c2cccc(S(C)(=O)=O)c2N)CCC1C. The number of rotatable bonds is 3. The lowest BCUT2D eigenvalue weighted by atomic mass is 9.95. The average molecular weight is 298 g/mol. The Kier molecular flexibility index (Phi) is 4.25. The molecule has 1 saturated heterocycles. The van der Waals surface area contributed by atoms with E-state index in [1.807, 2.05) is 6.07 Å². The summed E-state index contributed by atoms with van der Waals surface area (Å²) in [6.45, 7) is 3.76. The maximum atomic E-state index is 11.7. The molecule has 1 heterocycles. The van der Waals surface area contributed by atoms with Gasteiger partial charge in [0.05, 0.1) is 22.4 Å². The molecule has 0 bridgehead atoms. The van der Waals surface area contributed by atoms with Crippen molar-refractivity contribution in [2.75, 3.05) is 37.1 Å². The maximum absolute atomic E-state index is 11.7. The molecule has 2 unspecified atom stereocenters. The third kappa shape index (κ3) is 2.91. The van der Waals surface area contributed by atoms with E-state index in [0.29, 0.717) is 11.6 Å². The molecule has 0 radical (unpaired) electrons. The second kappa shape index (κ2) is 5.61. The van der Waals surface area contributed by atoms with Crippen LogP contribution in [0, 0.1) is 5.92 Å². The predicted molar refractivity (Wildman–Crippen MR) is 80.8 cm³/mol. The van der Waals surface area contributed by atoms with Gasteiger partial charge in [0, 0.05) is 26.5 Å². The fraction of sp³-hybridized carbons (Fsp3) is 0.571. The highest BCUT2D eigenvalue weighted by molar-refractivity contribution is 7.90. The first-order valence-electron chi connectivity index (χ1n) is 6.71. The number of hydrogen-bond donors (Lipinski definition) is 1. The summed E-state index contributed by atoms with van der Waals surface area (Å²) in [6, 6.07) is 5.16. The van der Waals surface area contributed by atoms with Crippen molar-refractivity contribution in [1.29, 1.82) is 0 Å². The van der Waals surface area contributed by atoms with E-state index in [4.69, 9.17) is 10.5 Å². The number of nitrogen functional groups attached to an aromatic ring is 1. The summed E-state index contributed by atoms with van der Waals surface area (Å²) in [5.41, 5.74) is 7.17. The number of nitrogens with zero attached hydrogens (tertiary/aromatic N) is 1. The van der Waals surface area contributed by atoms with Gasteiger partial charge in [0.15, 0.2) is 9.84 Å². The minimum absolute atomic E-state index is 0.144. The molecule has 2 rings (SSSR count). The second-order valence-corrected chi connectivity index (χ2v) is 7.43. The van der Waals surface area contributed by atoms with Crippen LogP contribution >= 0.6 is 0 Å². The summed E-state index contributed by atoms with van der Waals surface area (Å²) < 4.78 is 29.0. The molecule has 2 atom stereocenters. The first kappa shape index (κ1) is 15.1. The smallest absolute Gasteiger partial charge is 0.177 e. The molecule has 1 aliphatic heterocycles. The van der Waals surface area contributed by atoms with E-state index >= 15 is 0 Å². The van der Waals surface area contributed by atoms with Crippen molar-refractivity contribution >= 4 is 21.2 Å². The van der Waals surface area contributed by atoms with Crippen LogP contribution in [0.5, 0.6) is 0 Å². The van der Waals surface area contributed by atoms with Crippen molar-refractivity contribution in [2.45, 2.75) is 24.3 Å². The molecule has 0 amide bonds. The zero-order chi connectivity index (χ0) is 14.9. The van der Waals surface area contributed by atoms with Crippen molar-refractivity contribution < 1.29 is 13.2 Å². The van der Waals surface area contributed by atoms with Crippen molar-refractivity contribution in [1.82, 2.24) is 0 Å². The second-order valence-electron chi connectivity index (χ2n) is 5.45. The van der Waals surface area contributed by atoms with Crippen molar-refractivity contribution in [3.05, 3.63) is 18.2 Å². The van der Waals surface area contributed by atoms with E-state index in [1.54, 1.807) is 19.2 Å². The molecule has 112 valence electrons. The molecule has 1 fully saturated rings. The summed E-state index contributed by atoms with van der Waals surface area (Å²) in [4.78, 5) is 2.31. The van der Waals surface area contributed by atoms with Crippen LogP contribution in [0.3, 0.4) is 0 Å². The predicted octanol–water partition coefficient (Wildman–Crippen LogP) is 1.53. The van der Waals surface area contributed by atoms with Crippen molar-refractivity contribution in [3.63, 3.8) is 0 Å². The van der Waals surface area contributed by atoms with Crippen LogP contribution < -0.4 is 10.6 Å². The van der Waals surface area contributed by atoms with Gasteiger partial charge >= 0.3 is 0 Å². The van der Waals surface area contributed by atoms with Crippen LogP contribution in [-0.4, -0.2) is 41.0 Å². The zero-order valence-corrected chi connectivity index (χ0v) is 13.0. The molecular weight excluding hydrogens is 276 g/mol. The fourth-order valence-corrected chi connectivity index (χ4v) is 3.52. The molecule has 5 nitrogen and oxygen atoms in total. The van der Waals surface area contributed by atoms with Crippen LogP contribution in [0.4, 0.5) is 11.4 Å². The molecule has 0 saturated carbocycles. The van der Waals surface area contributed by atoms with Crippen LogP contribution in [0.15, 0.2) is 23.1 Å². The summed E-state index contributed by atoms with van der Waals surface area (Å²) in [6.07, 6.45) is 2.32. The Balaban J connectivity index is 2.35. The Labute approximate surface area is 120 Å². The molecule has 2 N–H and O–H groups in total. The third-order valence-corrected chi connectivity index (χ3v) is 5.13. The van der Waals surface area contributed by atoms with Gasteiger partial charge in [-0.15, -0.1) is 0 Å². The number of ether oxygens (including phenoxy) is 1. The number of nitrogens with two attached hydrogens (primary N) is 1. The molecule has 0 aliphatic carbocycles. The highest BCUT2D eigenvalue weighted by atomic mass is 32.2. The zero-order valence-electron chi connectivity index (χ0n) is 12.2. The van der Waals surface area contributed by atoms with Gasteiger partial charge in [-0.1, -0.05) is 13.0 Å². The van der Waals surface area contributed by atoms with Crippen molar-refractivity contribution in [3.8, 4) is 0 Å². The summed E-state index contributed by atoms with van der Waals surface area (Å²) in [7, 11) is -1.60. The first-order valence-corrected chi connectivity index (χ1v) is 8.60. The summed E-state index contributed by atoms with van der Waals surface area (Å²) >= 11 is 0. The van der Waals surface area contributed by atoms with E-state index in [1.165, 1.54) is 6.26 Å². The minimum atomic E-state index is -3.31. The lowest BCUT2D eigenvalue weighted by molar-refractivity contribution is 0.0499. The van der Waals surface area contributed by atoms with E-state index in [0.717, 1.165) is 25.2 Å². The number of piperidine rings is 1. The van der Waals surface area contributed by atoms with Crippen LogP contribution in [0.2, 0.25) is 0 Å². The third-order valence-electron chi connectivity index (χ3n) is 3.98. The van der Waals surface area contributed by atoms with Crippen LogP contribution in [0.25, 0.3) is 0 Å². The number of sulfone groups is 1. The highest BCUT2D eigenvalue weighted by Crippen LogP contribution is 2.32. The molecule has 0 aromatic heterocycles. The van der Waals surface area contributed by atoms with E-state index < -0.39 is 9.84 Å². The van der Waals surface area contributed by atoms with Gasteiger partial charge in [0.1, 0.15) is 0 Å². The van der Waals surface area contributed by atoms with Crippen LogP contribution in [0.1, 0.15) is 13.3 Å².